The SMILES string of the molecule is Cc1c2c(c(Cl)c(O)c1C1CCNC1)CCCC2. The Hall–Kier alpha value is -0.730. The molecular weight excluding hydrogens is 246 g/mol. The van der Waals surface area contributed by atoms with Crippen molar-refractivity contribution < 1.29 is 5.11 Å². The highest BCUT2D eigenvalue weighted by atomic mass is 35.5. The smallest absolute Gasteiger partial charge is 0.138 e. The fraction of sp³-hybridized carbons (Fsp3) is 0.600. The average molecular weight is 266 g/mol. The van der Waals surface area contributed by atoms with E-state index in [9.17, 15) is 5.11 Å². The molecule has 3 heteroatoms. The van der Waals surface area contributed by atoms with Gasteiger partial charge in [-0.25, -0.2) is 0 Å². The number of phenols is 1. The van der Waals surface area contributed by atoms with Gasteiger partial charge in [0.15, 0.2) is 0 Å². The Labute approximate surface area is 113 Å². The summed E-state index contributed by atoms with van der Waals surface area (Å²) in [6, 6.07) is 0. The van der Waals surface area contributed by atoms with Crippen LogP contribution in [0.5, 0.6) is 5.75 Å². The van der Waals surface area contributed by atoms with Gasteiger partial charge in [0.1, 0.15) is 5.75 Å². The molecule has 2 aliphatic rings. The average Bonchev–Trinajstić information content (AvgIpc) is 2.90. The van der Waals surface area contributed by atoms with Gasteiger partial charge in [0, 0.05) is 18.0 Å². The lowest BCUT2D eigenvalue weighted by molar-refractivity contribution is 0.459. The summed E-state index contributed by atoms with van der Waals surface area (Å²) in [6.45, 7) is 4.16. The molecule has 0 amide bonds. The molecule has 1 heterocycles. The van der Waals surface area contributed by atoms with Crippen LogP contribution in [0.3, 0.4) is 0 Å². The van der Waals surface area contributed by atoms with Gasteiger partial charge in [-0.05, 0) is 62.3 Å². The van der Waals surface area contributed by atoms with E-state index in [1.807, 2.05) is 0 Å². The van der Waals surface area contributed by atoms with Crippen LogP contribution in [0.4, 0.5) is 0 Å². The third-order valence-electron chi connectivity index (χ3n) is 4.52. The Bertz CT molecular complexity index is 478. The maximum Gasteiger partial charge on any atom is 0.138 e. The van der Waals surface area contributed by atoms with Crippen LogP contribution in [0.25, 0.3) is 0 Å². The van der Waals surface area contributed by atoms with Crippen molar-refractivity contribution in [2.24, 2.45) is 0 Å². The van der Waals surface area contributed by atoms with Gasteiger partial charge >= 0.3 is 0 Å². The predicted octanol–water partition coefficient (Wildman–Crippen LogP) is 3.31. The molecule has 1 aliphatic carbocycles. The van der Waals surface area contributed by atoms with E-state index < -0.39 is 0 Å². The van der Waals surface area contributed by atoms with Crippen LogP contribution < -0.4 is 5.32 Å². The van der Waals surface area contributed by atoms with E-state index in [0.717, 1.165) is 37.9 Å². The molecule has 1 saturated heterocycles. The Balaban J connectivity index is 2.16. The molecule has 1 atom stereocenters. The molecule has 0 spiro atoms. The van der Waals surface area contributed by atoms with Crippen molar-refractivity contribution in [1.82, 2.24) is 5.32 Å². The van der Waals surface area contributed by atoms with Crippen molar-refractivity contribution in [2.75, 3.05) is 13.1 Å². The number of aromatic hydroxyl groups is 1. The minimum atomic E-state index is 0.350. The lowest BCUT2D eigenvalue weighted by Gasteiger charge is -2.25. The van der Waals surface area contributed by atoms with Crippen molar-refractivity contribution >= 4 is 11.6 Å². The minimum absolute atomic E-state index is 0.350. The van der Waals surface area contributed by atoms with Crippen LogP contribution in [0.1, 0.15) is 47.4 Å². The molecule has 1 aliphatic heterocycles. The topological polar surface area (TPSA) is 32.3 Å². The van der Waals surface area contributed by atoms with Crippen molar-refractivity contribution in [3.8, 4) is 5.75 Å². The van der Waals surface area contributed by atoms with Gasteiger partial charge in [0.2, 0.25) is 0 Å². The van der Waals surface area contributed by atoms with E-state index in [2.05, 4.69) is 12.2 Å². The van der Waals surface area contributed by atoms with E-state index in [1.165, 1.54) is 29.5 Å². The minimum Gasteiger partial charge on any atom is -0.506 e. The van der Waals surface area contributed by atoms with Crippen LogP contribution in [0, 0.1) is 6.92 Å². The highest BCUT2D eigenvalue weighted by Gasteiger charge is 2.28. The summed E-state index contributed by atoms with van der Waals surface area (Å²) >= 11 is 6.40. The van der Waals surface area contributed by atoms with Crippen molar-refractivity contribution in [3.63, 3.8) is 0 Å². The summed E-state index contributed by atoms with van der Waals surface area (Å²) in [5.41, 5.74) is 5.00. The van der Waals surface area contributed by atoms with Gasteiger partial charge in [0.05, 0.1) is 5.02 Å². The van der Waals surface area contributed by atoms with Gasteiger partial charge < -0.3 is 10.4 Å². The van der Waals surface area contributed by atoms with E-state index in [-0.39, 0.29) is 0 Å². The zero-order chi connectivity index (χ0) is 12.7. The van der Waals surface area contributed by atoms with Crippen LogP contribution in [-0.4, -0.2) is 18.2 Å². The summed E-state index contributed by atoms with van der Waals surface area (Å²) in [5, 5.41) is 14.4. The van der Waals surface area contributed by atoms with Gasteiger partial charge in [-0.3, -0.25) is 0 Å². The number of phenolic OH excluding ortho intramolecular Hbond substituents is 1. The molecule has 2 nitrogen and oxygen atoms in total. The van der Waals surface area contributed by atoms with Gasteiger partial charge in [0.25, 0.3) is 0 Å². The number of fused-ring (bicyclic) bond motifs is 1. The first-order valence-corrected chi connectivity index (χ1v) is 7.31. The van der Waals surface area contributed by atoms with Crippen LogP contribution in [0.2, 0.25) is 5.02 Å². The predicted molar refractivity (Wildman–Crippen MR) is 74.7 cm³/mol. The molecule has 1 fully saturated rings. The van der Waals surface area contributed by atoms with E-state index >= 15 is 0 Å². The van der Waals surface area contributed by atoms with Crippen molar-refractivity contribution in [1.29, 1.82) is 0 Å². The molecule has 0 saturated carbocycles. The molecule has 98 valence electrons. The van der Waals surface area contributed by atoms with E-state index in [0.29, 0.717) is 16.7 Å². The fourth-order valence-corrected chi connectivity index (χ4v) is 3.87. The second-order valence-electron chi connectivity index (χ2n) is 5.56. The van der Waals surface area contributed by atoms with Gasteiger partial charge in [-0.2, -0.15) is 0 Å². The summed E-state index contributed by atoms with van der Waals surface area (Å²) in [4.78, 5) is 0. The molecule has 18 heavy (non-hydrogen) atoms. The molecule has 0 aromatic heterocycles. The maximum absolute atomic E-state index is 10.4. The quantitative estimate of drug-likeness (QED) is 0.817. The van der Waals surface area contributed by atoms with Crippen LogP contribution >= 0.6 is 11.6 Å². The zero-order valence-electron chi connectivity index (χ0n) is 10.9. The van der Waals surface area contributed by atoms with Crippen LogP contribution in [0.15, 0.2) is 0 Å². The molecule has 1 unspecified atom stereocenters. The Morgan fingerprint density at radius 3 is 2.61 bits per heavy atom. The Morgan fingerprint density at radius 1 is 1.22 bits per heavy atom. The molecular formula is C15H20ClNO. The van der Waals surface area contributed by atoms with Crippen molar-refractivity contribution in [2.45, 2.75) is 44.9 Å². The monoisotopic (exact) mass is 265 g/mol. The first-order valence-electron chi connectivity index (χ1n) is 6.93. The lowest BCUT2D eigenvalue weighted by atomic mass is 9.82. The van der Waals surface area contributed by atoms with Crippen molar-refractivity contribution in [3.05, 3.63) is 27.3 Å². The second-order valence-corrected chi connectivity index (χ2v) is 5.93. The lowest BCUT2D eigenvalue weighted by Crippen LogP contribution is -2.13. The normalized spacial score (nSPS) is 23.1. The number of hydrogen-bond donors (Lipinski definition) is 2. The molecule has 1 aromatic rings. The first kappa shape index (κ1) is 12.3. The highest BCUT2D eigenvalue weighted by Crippen LogP contribution is 2.44. The molecule has 1 aromatic carbocycles. The third kappa shape index (κ3) is 1.83. The molecule has 3 rings (SSSR count). The number of nitrogens with one attached hydrogen (secondary N) is 1. The number of halogens is 1. The molecule has 2 N–H and O–H groups in total. The Morgan fingerprint density at radius 2 is 1.94 bits per heavy atom. The zero-order valence-corrected chi connectivity index (χ0v) is 11.6. The summed E-state index contributed by atoms with van der Waals surface area (Å²) in [5.74, 6) is 0.776. The number of benzene rings is 1. The van der Waals surface area contributed by atoms with Gasteiger partial charge in [-0.1, -0.05) is 11.6 Å². The van der Waals surface area contributed by atoms with E-state index in [1.54, 1.807) is 0 Å². The maximum atomic E-state index is 10.4. The summed E-state index contributed by atoms with van der Waals surface area (Å²) in [7, 11) is 0. The molecule has 0 radical (unpaired) electrons. The summed E-state index contributed by atoms with van der Waals surface area (Å²) < 4.78 is 0. The first-order chi connectivity index (χ1) is 8.70. The number of rotatable bonds is 1. The number of hydrogen-bond acceptors (Lipinski definition) is 2. The molecule has 0 bridgehead atoms. The largest absolute Gasteiger partial charge is 0.506 e. The highest BCUT2D eigenvalue weighted by molar-refractivity contribution is 6.33. The second kappa shape index (κ2) is 4.75. The fourth-order valence-electron chi connectivity index (χ4n) is 3.56. The van der Waals surface area contributed by atoms with Crippen LogP contribution in [-0.2, 0) is 12.8 Å². The standard InChI is InChI=1S/C15H20ClNO/c1-9-11-4-2-3-5-12(11)14(16)15(18)13(9)10-6-7-17-8-10/h10,17-18H,2-8H2,1H3. The third-order valence-corrected chi connectivity index (χ3v) is 4.93. The Kier molecular flexibility index (Phi) is 3.25. The van der Waals surface area contributed by atoms with Gasteiger partial charge in [-0.15, -0.1) is 0 Å². The van der Waals surface area contributed by atoms with E-state index in [4.69, 9.17) is 11.6 Å². The summed E-state index contributed by atoms with van der Waals surface area (Å²) in [6.07, 6.45) is 5.68.